The molecule has 0 aliphatic carbocycles. The van der Waals surface area contributed by atoms with Crippen LogP contribution in [0, 0.1) is 0 Å². The summed E-state index contributed by atoms with van der Waals surface area (Å²) in [4.78, 5) is 14.7. The van der Waals surface area contributed by atoms with Crippen molar-refractivity contribution >= 4 is 5.91 Å². The molecule has 0 bridgehead atoms. The van der Waals surface area contributed by atoms with E-state index in [1.54, 1.807) is 31.4 Å². The van der Waals surface area contributed by atoms with Gasteiger partial charge in [0.15, 0.2) is 5.76 Å². The lowest BCUT2D eigenvalue weighted by Crippen LogP contribution is -2.46. The highest BCUT2D eigenvalue weighted by atomic mass is 16.5. The number of nitrogens with one attached hydrogen (secondary N) is 1. The highest BCUT2D eigenvalue weighted by Gasteiger charge is 2.31. The van der Waals surface area contributed by atoms with Gasteiger partial charge >= 0.3 is 0 Å². The van der Waals surface area contributed by atoms with Gasteiger partial charge in [0.2, 0.25) is 0 Å². The zero-order chi connectivity index (χ0) is 22.3. The summed E-state index contributed by atoms with van der Waals surface area (Å²) in [5, 5.41) is 17.4. The number of morpholine rings is 1. The first-order chi connectivity index (χ1) is 15.6. The number of amides is 1. The molecule has 9 heteroatoms. The molecule has 2 fully saturated rings. The van der Waals surface area contributed by atoms with E-state index in [9.17, 15) is 9.90 Å². The van der Waals surface area contributed by atoms with Gasteiger partial charge in [0.05, 0.1) is 44.8 Å². The molecule has 9 nitrogen and oxygen atoms in total. The molecule has 2 saturated heterocycles. The Balaban J connectivity index is 1.26. The van der Waals surface area contributed by atoms with Crippen LogP contribution in [-0.4, -0.2) is 79.3 Å². The van der Waals surface area contributed by atoms with Gasteiger partial charge in [-0.2, -0.15) is 0 Å². The summed E-state index contributed by atoms with van der Waals surface area (Å²) in [6.45, 7) is 4.24. The van der Waals surface area contributed by atoms with Crippen molar-refractivity contribution in [1.82, 2.24) is 15.4 Å². The average molecular weight is 446 g/mol. The summed E-state index contributed by atoms with van der Waals surface area (Å²) in [6, 6.07) is 8.86. The third-order valence-corrected chi connectivity index (χ3v) is 5.92. The largest absolute Gasteiger partial charge is 0.497 e. The molecule has 174 valence electrons. The van der Waals surface area contributed by atoms with Crippen molar-refractivity contribution in [3.05, 3.63) is 47.3 Å². The van der Waals surface area contributed by atoms with Crippen LogP contribution in [0.1, 0.15) is 34.7 Å². The lowest BCUT2D eigenvalue weighted by Gasteiger charge is -2.33. The van der Waals surface area contributed by atoms with Crippen LogP contribution in [0.15, 0.2) is 34.9 Å². The fourth-order valence-corrected chi connectivity index (χ4v) is 4.06. The fraction of sp³-hybridized carbons (Fsp3) is 0.565. The summed E-state index contributed by atoms with van der Waals surface area (Å²) in [7, 11) is 1.58. The van der Waals surface area contributed by atoms with Gasteiger partial charge in [-0.25, -0.2) is 0 Å². The van der Waals surface area contributed by atoms with Crippen molar-refractivity contribution in [2.24, 2.45) is 0 Å². The number of aliphatic hydroxyl groups excluding tert-OH is 1. The predicted molar refractivity (Wildman–Crippen MR) is 116 cm³/mol. The molecule has 1 aromatic heterocycles. The van der Waals surface area contributed by atoms with E-state index in [4.69, 9.17) is 18.7 Å². The number of benzene rings is 1. The van der Waals surface area contributed by atoms with Crippen LogP contribution >= 0.6 is 0 Å². The van der Waals surface area contributed by atoms with Crippen molar-refractivity contribution in [3.63, 3.8) is 0 Å². The molecule has 32 heavy (non-hydrogen) atoms. The maximum absolute atomic E-state index is 12.4. The zero-order valence-electron chi connectivity index (χ0n) is 18.4. The maximum Gasteiger partial charge on any atom is 0.251 e. The molecule has 4 rings (SSSR count). The second-order valence-corrected chi connectivity index (χ2v) is 8.26. The highest BCUT2D eigenvalue weighted by molar-refractivity contribution is 5.94. The van der Waals surface area contributed by atoms with Crippen molar-refractivity contribution in [2.75, 3.05) is 40.0 Å². The van der Waals surface area contributed by atoms with Crippen LogP contribution in [0.5, 0.6) is 5.75 Å². The van der Waals surface area contributed by atoms with Gasteiger partial charge in [-0.05, 0) is 37.1 Å². The first kappa shape index (κ1) is 22.7. The zero-order valence-corrected chi connectivity index (χ0v) is 18.4. The van der Waals surface area contributed by atoms with Crippen LogP contribution in [0.4, 0.5) is 0 Å². The van der Waals surface area contributed by atoms with Crippen LogP contribution < -0.4 is 10.1 Å². The monoisotopic (exact) mass is 445 g/mol. The van der Waals surface area contributed by atoms with E-state index in [0.29, 0.717) is 24.2 Å². The summed E-state index contributed by atoms with van der Waals surface area (Å²) in [5.41, 5.74) is 1.37. The number of nitrogens with zero attached hydrogens (tertiary/aromatic N) is 2. The predicted octanol–water partition coefficient (Wildman–Crippen LogP) is 1.40. The van der Waals surface area contributed by atoms with Gasteiger partial charge in [-0.3, -0.25) is 9.69 Å². The molecule has 0 spiro atoms. The normalized spacial score (nSPS) is 24.2. The smallest absolute Gasteiger partial charge is 0.251 e. The molecule has 0 unspecified atom stereocenters. The van der Waals surface area contributed by atoms with Gasteiger partial charge < -0.3 is 29.2 Å². The van der Waals surface area contributed by atoms with Crippen molar-refractivity contribution in [3.8, 4) is 5.75 Å². The SMILES string of the molecule is COc1ccc(C(=O)NC[C@H]2O[C@H](Cc3cc(CN4CCOCC4)on3)CC[C@@H]2O)cc1. The summed E-state index contributed by atoms with van der Waals surface area (Å²) in [6.07, 6.45) is 0.805. The third-order valence-electron chi connectivity index (χ3n) is 5.92. The van der Waals surface area contributed by atoms with E-state index >= 15 is 0 Å². The molecule has 2 aromatic rings. The van der Waals surface area contributed by atoms with Crippen LogP contribution in [0.25, 0.3) is 0 Å². The number of hydrogen-bond donors (Lipinski definition) is 2. The van der Waals surface area contributed by atoms with Gasteiger partial charge in [0.25, 0.3) is 5.91 Å². The summed E-state index contributed by atoms with van der Waals surface area (Å²) >= 11 is 0. The Morgan fingerprint density at radius 1 is 1.25 bits per heavy atom. The Bertz CT molecular complexity index is 865. The topological polar surface area (TPSA) is 106 Å². The maximum atomic E-state index is 12.4. The minimum absolute atomic E-state index is 0.0809. The Morgan fingerprint density at radius 3 is 2.78 bits per heavy atom. The number of carbonyl (C=O) groups is 1. The van der Waals surface area contributed by atoms with E-state index in [1.165, 1.54) is 0 Å². The van der Waals surface area contributed by atoms with Crippen molar-refractivity contribution < 1.29 is 28.6 Å². The second-order valence-electron chi connectivity index (χ2n) is 8.26. The van der Waals surface area contributed by atoms with E-state index in [0.717, 1.165) is 50.7 Å². The minimum atomic E-state index is -0.614. The van der Waals surface area contributed by atoms with Crippen LogP contribution in [-0.2, 0) is 22.4 Å². The Morgan fingerprint density at radius 2 is 2.03 bits per heavy atom. The number of aromatic nitrogens is 1. The Kier molecular flexibility index (Phi) is 7.75. The molecule has 3 heterocycles. The number of hydrogen-bond acceptors (Lipinski definition) is 8. The number of carbonyl (C=O) groups excluding carboxylic acids is 1. The number of methoxy groups -OCH3 is 1. The van der Waals surface area contributed by atoms with Gasteiger partial charge in [0.1, 0.15) is 11.9 Å². The standard InChI is InChI=1S/C23H31N3O6/c1-29-18-4-2-16(3-5-18)23(28)24-14-22-21(27)7-6-19(31-22)12-17-13-20(32-25-17)15-26-8-10-30-11-9-26/h2-5,13,19,21-22,27H,6-12,14-15H2,1H3,(H,24,28)/t19-,21-,22+/m0/s1. The Hall–Kier alpha value is -2.46. The minimum Gasteiger partial charge on any atom is -0.497 e. The van der Waals surface area contributed by atoms with Crippen LogP contribution in [0.3, 0.4) is 0 Å². The first-order valence-corrected chi connectivity index (χ1v) is 11.1. The highest BCUT2D eigenvalue weighted by Crippen LogP contribution is 2.23. The third kappa shape index (κ3) is 6.07. The number of rotatable bonds is 8. The van der Waals surface area contributed by atoms with Crippen molar-refractivity contribution in [1.29, 1.82) is 0 Å². The number of ether oxygens (including phenoxy) is 3. The van der Waals surface area contributed by atoms with Gasteiger partial charge in [-0.1, -0.05) is 5.16 Å². The molecule has 0 saturated carbocycles. The Labute approximate surface area is 187 Å². The average Bonchev–Trinajstić information content (AvgIpc) is 3.26. The summed E-state index contributed by atoms with van der Waals surface area (Å²) in [5.74, 6) is 1.31. The quantitative estimate of drug-likeness (QED) is 0.628. The lowest BCUT2D eigenvalue weighted by atomic mass is 9.98. The van der Waals surface area contributed by atoms with E-state index in [-0.39, 0.29) is 18.6 Å². The molecule has 0 radical (unpaired) electrons. The molecular formula is C23H31N3O6. The number of aliphatic hydroxyl groups is 1. The van der Waals surface area contributed by atoms with Gasteiger partial charge in [-0.15, -0.1) is 0 Å². The molecule has 3 atom stereocenters. The van der Waals surface area contributed by atoms with E-state index < -0.39 is 12.2 Å². The molecule has 1 amide bonds. The molecular weight excluding hydrogens is 414 g/mol. The van der Waals surface area contributed by atoms with Crippen molar-refractivity contribution in [2.45, 2.75) is 44.1 Å². The van der Waals surface area contributed by atoms with E-state index in [2.05, 4.69) is 15.4 Å². The lowest BCUT2D eigenvalue weighted by molar-refractivity contribution is -0.114. The summed E-state index contributed by atoms with van der Waals surface area (Å²) < 4.78 is 22.1. The van der Waals surface area contributed by atoms with Gasteiger partial charge in [0, 0.05) is 37.7 Å². The molecule has 2 aliphatic rings. The first-order valence-electron chi connectivity index (χ1n) is 11.1. The molecule has 2 N–H and O–H groups in total. The van der Waals surface area contributed by atoms with E-state index in [1.807, 2.05) is 6.07 Å². The second kappa shape index (κ2) is 10.9. The molecule has 1 aromatic carbocycles. The fourth-order valence-electron chi connectivity index (χ4n) is 4.06. The molecule has 2 aliphatic heterocycles. The van der Waals surface area contributed by atoms with Crippen LogP contribution in [0.2, 0.25) is 0 Å².